The van der Waals surface area contributed by atoms with Crippen LogP contribution in [0.25, 0.3) is 0 Å². The smallest absolute Gasteiger partial charge is 0.241 e. The van der Waals surface area contributed by atoms with Crippen molar-refractivity contribution in [2.24, 2.45) is 0 Å². The summed E-state index contributed by atoms with van der Waals surface area (Å²) in [6, 6.07) is 6.70. The van der Waals surface area contributed by atoms with Crippen molar-refractivity contribution in [2.75, 3.05) is 11.9 Å². The number of anilines is 1. The molecular weight excluding hydrogens is 250 g/mol. The zero-order valence-corrected chi connectivity index (χ0v) is 10.6. The number of halogens is 1. The third kappa shape index (κ3) is 3.00. The van der Waals surface area contributed by atoms with Gasteiger partial charge in [0.2, 0.25) is 5.91 Å². The van der Waals surface area contributed by atoms with Gasteiger partial charge in [0.1, 0.15) is 6.07 Å². The maximum Gasteiger partial charge on any atom is 0.241 e. The standard InChI is InChI=1S/C13H14ClN3O/c14-10-5-4-9(8-15)12(7-10)17-13(18)11-3-1-2-6-16-11/h4-5,7,11,16H,1-3,6H2,(H,17,18). The number of benzene rings is 1. The Morgan fingerprint density at radius 1 is 1.50 bits per heavy atom. The third-order valence-electron chi connectivity index (χ3n) is 2.99. The van der Waals surface area contributed by atoms with Gasteiger partial charge in [-0.15, -0.1) is 0 Å². The number of piperidine rings is 1. The van der Waals surface area contributed by atoms with Gasteiger partial charge in [0.25, 0.3) is 0 Å². The summed E-state index contributed by atoms with van der Waals surface area (Å²) in [5, 5.41) is 15.4. The quantitative estimate of drug-likeness (QED) is 0.860. The monoisotopic (exact) mass is 263 g/mol. The molecule has 0 aromatic heterocycles. The minimum atomic E-state index is -0.177. The second-order valence-electron chi connectivity index (χ2n) is 4.29. The molecule has 1 unspecified atom stereocenters. The van der Waals surface area contributed by atoms with Crippen LogP contribution in [0.5, 0.6) is 0 Å². The number of hydrogen-bond acceptors (Lipinski definition) is 3. The minimum absolute atomic E-state index is 0.103. The van der Waals surface area contributed by atoms with E-state index in [2.05, 4.69) is 10.6 Å². The molecule has 1 aliphatic heterocycles. The molecule has 1 aliphatic rings. The van der Waals surface area contributed by atoms with Gasteiger partial charge < -0.3 is 10.6 Å². The first-order valence-corrected chi connectivity index (χ1v) is 6.32. The van der Waals surface area contributed by atoms with E-state index >= 15 is 0 Å². The van der Waals surface area contributed by atoms with Crippen molar-refractivity contribution in [1.82, 2.24) is 5.32 Å². The average molecular weight is 264 g/mol. The van der Waals surface area contributed by atoms with E-state index in [1.807, 2.05) is 6.07 Å². The molecule has 18 heavy (non-hydrogen) atoms. The van der Waals surface area contributed by atoms with Crippen molar-refractivity contribution in [3.8, 4) is 6.07 Å². The van der Waals surface area contributed by atoms with Gasteiger partial charge in [-0.2, -0.15) is 5.26 Å². The van der Waals surface area contributed by atoms with Crippen molar-refractivity contribution >= 4 is 23.2 Å². The van der Waals surface area contributed by atoms with Crippen LogP contribution in [0.1, 0.15) is 24.8 Å². The maximum atomic E-state index is 12.0. The molecule has 5 heteroatoms. The first kappa shape index (κ1) is 12.9. The van der Waals surface area contributed by atoms with Crippen LogP contribution in [0.4, 0.5) is 5.69 Å². The zero-order chi connectivity index (χ0) is 13.0. The summed E-state index contributed by atoms with van der Waals surface area (Å²) < 4.78 is 0. The van der Waals surface area contributed by atoms with E-state index in [4.69, 9.17) is 16.9 Å². The summed E-state index contributed by atoms with van der Waals surface area (Å²) in [5.74, 6) is -0.103. The van der Waals surface area contributed by atoms with Crippen molar-refractivity contribution in [3.63, 3.8) is 0 Å². The van der Waals surface area contributed by atoms with Crippen molar-refractivity contribution < 1.29 is 4.79 Å². The predicted octanol–water partition coefficient (Wildman–Crippen LogP) is 2.29. The average Bonchev–Trinajstić information content (AvgIpc) is 2.40. The van der Waals surface area contributed by atoms with Crippen LogP contribution in [-0.2, 0) is 4.79 Å². The number of carbonyl (C=O) groups is 1. The lowest BCUT2D eigenvalue weighted by atomic mass is 10.0. The van der Waals surface area contributed by atoms with Gasteiger partial charge in [-0.1, -0.05) is 18.0 Å². The molecule has 94 valence electrons. The Morgan fingerprint density at radius 2 is 2.33 bits per heavy atom. The van der Waals surface area contributed by atoms with Crippen molar-refractivity contribution in [1.29, 1.82) is 5.26 Å². The van der Waals surface area contributed by atoms with Gasteiger partial charge in [0, 0.05) is 5.02 Å². The van der Waals surface area contributed by atoms with Crippen LogP contribution < -0.4 is 10.6 Å². The van der Waals surface area contributed by atoms with Gasteiger partial charge in [0.05, 0.1) is 17.3 Å². The normalized spacial score (nSPS) is 19.0. The van der Waals surface area contributed by atoms with Crippen LogP contribution in [0.2, 0.25) is 5.02 Å². The summed E-state index contributed by atoms with van der Waals surface area (Å²) in [4.78, 5) is 12.0. The Morgan fingerprint density at radius 3 is 3.00 bits per heavy atom. The number of nitriles is 1. The molecule has 1 aromatic carbocycles. The molecule has 2 N–H and O–H groups in total. The molecule has 1 amide bonds. The molecule has 0 spiro atoms. The van der Waals surface area contributed by atoms with Gasteiger partial charge >= 0.3 is 0 Å². The second kappa shape index (κ2) is 5.85. The lowest BCUT2D eigenvalue weighted by molar-refractivity contribution is -0.118. The molecule has 1 saturated heterocycles. The van der Waals surface area contributed by atoms with Crippen molar-refractivity contribution in [2.45, 2.75) is 25.3 Å². The molecule has 0 bridgehead atoms. The summed E-state index contributed by atoms with van der Waals surface area (Å²) in [7, 11) is 0. The molecule has 1 heterocycles. The van der Waals surface area contributed by atoms with E-state index in [0.29, 0.717) is 16.3 Å². The highest BCUT2D eigenvalue weighted by atomic mass is 35.5. The lowest BCUT2D eigenvalue weighted by Gasteiger charge is -2.22. The topological polar surface area (TPSA) is 64.9 Å². The van der Waals surface area contributed by atoms with E-state index in [9.17, 15) is 4.79 Å². The number of nitrogens with zero attached hydrogens (tertiary/aromatic N) is 1. The Kier molecular flexibility index (Phi) is 4.19. The SMILES string of the molecule is N#Cc1ccc(Cl)cc1NC(=O)C1CCCCN1. The fourth-order valence-corrected chi connectivity index (χ4v) is 2.18. The Bertz CT molecular complexity index is 489. The summed E-state index contributed by atoms with van der Waals surface area (Å²) >= 11 is 5.87. The predicted molar refractivity (Wildman–Crippen MR) is 70.4 cm³/mol. The summed E-state index contributed by atoms with van der Waals surface area (Å²) in [6.45, 7) is 0.860. The molecular formula is C13H14ClN3O. The van der Waals surface area contributed by atoms with E-state index in [1.54, 1.807) is 18.2 Å². The molecule has 0 aliphatic carbocycles. The van der Waals surface area contributed by atoms with E-state index in [-0.39, 0.29) is 11.9 Å². The Balaban J connectivity index is 2.11. The zero-order valence-electron chi connectivity index (χ0n) is 9.87. The van der Waals surface area contributed by atoms with Gasteiger partial charge in [0.15, 0.2) is 0 Å². The molecule has 2 rings (SSSR count). The molecule has 0 radical (unpaired) electrons. The Labute approximate surface area is 111 Å². The van der Waals surface area contributed by atoms with Gasteiger partial charge in [-0.25, -0.2) is 0 Å². The van der Waals surface area contributed by atoms with Crippen LogP contribution in [0, 0.1) is 11.3 Å². The highest BCUT2D eigenvalue weighted by molar-refractivity contribution is 6.31. The molecule has 1 atom stereocenters. The van der Waals surface area contributed by atoms with E-state index in [1.165, 1.54) is 0 Å². The molecule has 0 saturated carbocycles. The summed E-state index contributed by atoms with van der Waals surface area (Å²) in [6.07, 6.45) is 2.98. The minimum Gasteiger partial charge on any atom is -0.323 e. The second-order valence-corrected chi connectivity index (χ2v) is 4.73. The highest BCUT2D eigenvalue weighted by Gasteiger charge is 2.21. The van der Waals surface area contributed by atoms with Gasteiger partial charge in [-0.05, 0) is 37.6 Å². The number of amides is 1. The summed E-state index contributed by atoms with van der Waals surface area (Å²) in [5.41, 5.74) is 0.894. The largest absolute Gasteiger partial charge is 0.323 e. The first-order valence-electron chi connectivity index (χ1n) is 5.94. The fourth-order valence-electron chi connectivity index (χ4n) is 2.01. The fraction of sp³-hybridized carbons (Fsp3) is 0.385. The number of rotatable bonds is 2. The Hall–Kier alpha value is -1.57. The first-order chi connectivity index (χ1) is 8.70. The molecule has 4 nitrogen and oxygen atoms in total. The van der Waals surface area contributed by atoms with Crippen molar-refractivity contribution in [3.05, 3.63) is 28.8 Å². The van der Waals surface area contributed by atoms with E-state index < -0.39 is 0 Å². The number of hydrogen-bond donors (Lipinski definition) is 2. The third-order valence-corrected chi connectivity index (χ3v) is 3.22. The van der Waals surface area contributed by atoms with Crippen LogP contribution in [-0.4, -0.2) is 18.5 Å². The lowest BCUT2D eigenvalue weighted by Crippen LogP contribution is -2.43. The van der Waals surface area contributed by atoms with Crippen LogP contribution in [0.3, 0.4) is 0 Å². The molecule has 1 fully saturated rings. The van der Waals surface area contributed by atoms with E-state index in [0.717, 1.165) is 25.8 Å². The number of carbonyl (C=O) groups excluding carboxylic acids is 1. The number of nitrogens with one attached hydrogen (secondary N) is 2. The highest BCUT2D eigenvalue weighted by Crippen LogP contribution is 2.21. The molecule has 1 aromatic rings. The van der Waals surface area contributed by atoms with Crippen LogP contribution >= 0.6 is 11.6 Å². The maximum absolute atomic E-state index is 12.0. The van der Waals surface area contributed by atoms with Gasteiger partial charge in [-0.3, -0.25) is 4.79 Å². The van der Waals surface area contributed by atoms with Crippen LogP contribution in [0.15, 0.2) is 18.2 Å².